The summed E-state index contributed by atoms with van der Waals surface area (Å²) in [7, 11) is 1.30. The molecule has 1 N–H and O–H groups in total. The fourth-order valence-corrected chi connectivity index (χ4v) is 2.41. The number of carbonyl (C=O) groups is 1. The molecule has 0 amide bonds. The van der Waals surface area contributed by atoms with Crippen LogP contribution in [0.25, 0.3) is 11.3 Å². The molecule has 0 radical (unpaired) electrons. The highest BCUT2D eigenvalue weighted by Gasteiger charge is 2.16. The van der Waals surface area contributed by atoms with E-state index >= 15 is 0 Å². The number of hydrogen-bond acceptors (Lipinski definition) is 5. The van der Waals surface area contributed by atoms with Crippen LogP contribution in [0.15, 0.2) is 23.5 Å². The molecule has 0 aromatic carbocycles. The first kappa shape index (κ1) is 14.1. The van der Waals surface area contributed by atoms with Crippen LogP contribution in [0.2, 0.25) is 0 Å². The number of aromatic amines is 1. The molecule has 0 atom stereocenters. The molecule has 0 saturated heterocycles. The van der Waals surface area contributed by atoms with Crippen LogP contribution < -0.4 is 5.56 Å². The van der Waals surface area contributed by atoms with Crippen LogP contribution in [0.1, 0.15) is 28.7 Å². The normalized spacial score (nSPS) is 11.0. The maximum absolute atomic E-state index is 12.4. The van der Waals surface area contributed by atoms with Crippen LogP contribution in [0.3, 0.4) is 0 Å². The number of rotatable bonds is 3. The van der Waals surface area contributed by atoms with E-state index in [4.69, 9.17) is 0 Å². The number of H-pyrrole nitrogens is 1. The van der Waals surface area contributed by atoms with Gasteiger partial charge in [0.15, 0.2) is 11.3 Å². The highest BCUT2D eigenvalue weighted by Crippen LogP contribution is 2.15. The Labute approximate surface area is 125 Å². The molecular weight excluding hydrogens is 286 g/mol. The molecule has 114 valence electrons. The summed E-state index contributed by atoms with van der Waals surface area (Å²) in [5.41, 5.74) is 2.54. The molecule has 0 aliphatic carbocycles. The Kier molecular flexibility index (Phi) is 3.28. The van der Waals surface area contributed by atoms with Crippen molar-refractivity contribution < 1.29 is 9.53 Å². The van der Waals surface area contributed by atoms with Crippen molar-refractivity contribution in [1.29, 1.82) is 0 Å². The lowest BCUT2D eigenvalue weighted by Gasteiger charge is -2.04. The first-order valence-electron chi connectivity index (χ1n) is 6.79. The van der Waals surface area contributed by atoms with Crippen LogP contribution in [0.5, 0.6) is 0 Å². The number of esters is 1. The average molecular weight is 301 g/mol. The van der Waals surface area contributed by atoms with Gasteiger partial charge in [0.25, 0.3) is 5.56 Å². The van der Waals surface area contributed by atoms with Gasteiger partial charge in [0.05, 0.1) is 7.11 Å². The minimum absolute atomic E-state index is 0.121. The second kappa shape index (κ2) is 5.14. The van der Waals surface area contributed by atoms with Gasteiger partial charge in [-0.25, -0.2) is 14.8 Å². The minimum Gasteiger partial charge on any atom is -0.464 e. The Balaban J connectivity index is 2.19. The van der Waals surface area contributed by atoms with E-state index in [0.29, 0.717) is 29.0 Å². The van der Waals surface area contributed by atoms with Gasteiger partial charge in [-0.15, -0.1) is 0 Å². The molecule has 8 nitrogen and oxygen atoms in total. The van der Waals surface area contributed by atoms with Crippen LogP contribution in [0.4, 0.5) is 0 Å². The molecule has 0 aliphatic rings. The highest BCUT2D eigenvalue weighted by atomic mass is 16.5. The lowest BCUT2D eigenvalue weighted by molar-refractivity contribution is 0.0594. The molecule has 8 heteroatoms. The molecule has 22 heavy (non-hydrogen) atoms. The number of nitrogens with zero attached hydrogens (tertiary/aromatic N) is 4. The summed E-state index contributed by atoms with van der Waals surface area (Å²) >= 11 is 0. The number of fused-ring (bicyclic) bond motifs is 1. The molecule has 3 aromatic heterocycles. The Hall–Kier alpha value is -2.90. The summed E-state index contributed by atoms with van der Waals surface area (Å²) in [6, 6.07) is 0. The maximum Gasteiger partial charge on any atom is 0.358 e. The average Bonchev–Trinajstić information content (AvgIpc) is 3.13. The zero-order valence-corrected chi connectivity index (χ0v) is 12.5. The smallest absolute Gasteiger partial charge is 0.358 e. The first-order chi connectivity index (χ1) is 10.6. The summed E-state index contributed by atoms with van der Waals surface area (Å²) in [5, 5.41) is 2.89. The third-order valence-electron chi connectivity index (χ3n) is 3.55. The Morgan fingerprint density at radius 2 is 2.23 bits per heavy atom. The van der Waals surface area contributed by atoms with E-state index in [9.17, 15) is 9.59 Å². The molecule has 3 heterocycles. The van der Waals surface area contributed by atoms with E-state index in [1.165, 1.54) is 24.1 Å². The van der Waals surface area contributed by atoms with Crippen molar-refractivity contribution in [3.8, 4) is 5.69 Å². The Bertz CT molecular complexity index is 918. The van der Waals surface area contributed by atoms with Crippen molar-refractivity contribution >= 4 is 11.6 Å². The second-order valence-corrected chi connectivity index (χ2v) is 4.81. The van der Waals surface area contributed by atoms with Crippen molar-refractivity contribution in [1.82, 2.24) is 24.1 Å². The van der Waals surface area contributed by atoms with Crippen LogP contribution in [-0.4, -0.2) is 37.2 Å². The third kappa shape index (κ3) is 2.00. The molecule has 0 spiro atoms. The number of aryl methyl sites for hydroxylation is 1. The van der Waals surface area contributed by atoms with Gasteiger partial charge in [0.2, 0.25) is 0 Å². The zero-order valence-electron chi connectivity index (χ0n) is 12.5. The van der Waals surface area contributed by atoms with Gasteiger partial charge in [-0.1, -0.05) is 6.92 Å². The van der Waals surface area contributed by atoms with E-state index in [-0.39, 0.29) is 11.3 Å². The number of hydrogen-bond donors (Lipinski definition) is 1. The van der Waals surface area contributed by atoms with E-state index in [1.807, 2.05) is 13.8 Å². The van der Waals surface area contributed by atoms with Gasteiger partial charge in [0.1, 0.15) is 12.0 Å². The zero-order chi connectivity index (χ0) is 15.9. The van der Waals surface area contributed by atoms with Gasteiger partial charge in [-0.3, -0.25) is 9.89 Å². The molecule has 3 aromatic rings. The van der Waals surface area contributed by atoms with Crippen molar-refractivity contribution in [3.63, 3.8) is 0 Å². The lowest BCUT2D eigenvalue weighted by Crippen LogP contribution is -2.21. The lowest BCUT2D eigenvalue weighted by atomic mass is 10.2. The van der Waals surface area contributed by atoms with Crippen molar-refractivity contribution in [2.75, 3.05) is 7.11 Å². The van der Waals surface area contributed by atoms with Crippen LogP contribution >= 0.6 is 0 Å². The summed E-state index contributed by atoms with van der Waals surface area (Å²) in [4.78, 5) is 32.3. The number of ether oxygens (including phenoxy) is 1. The fraction of sp³-hybridized carbons (Fsp3) is 0.286. The highest BCUT2D eigenvalue weighted by molar-refractivity contribution is 5.87. The molecule has 0 saturated carbocycles. The summed E-state index contributed by atoms with van der Waals surface area (Å²) in [6.45, 7) is 3.73. The van der Waals surface area contributed by atoms with Gasteiger partial charge >= 0.3 is 5.97 Å². The largest absolute Gasteiger partial charge is 0.464 e. The van der Waals surface area contributed by atoms with Crippen molar-refractivity contribution in [2.24, 2.45) is 0 Å². The summed E-state index contributed by atoms with van der Waals surface area (Å²) in [5.74, 6) is -0.520. The quantitative estimate of drug-likeness (QED) is 0.724. The van der Waals surface area contributed by atoms with E-state index in [2.05, 4.69) is 19.8 Å². The minimum atomic E-state index is -0.520. The predicted molar refractivity (Wildman–Crippen MR) is 78.4 cm³/mol. The van der Waals surface area contributed by atoms with Crippen molar-refractivity contribution in [2.45, 2.75) is 20.3 Å². The molecule has 0 aliphatic heterocycles. The number of nitrogens with one attached hydrogen (secondary N) is 1. The fourth-order valence-electron chi connectivity index (χ4n) is 2.41. The molecule has 0 unspecified atom stereocenters. The number of imidazole rings is 1. The van der Waals surface area contributed by atoms with Crippen LogP contribution in [0, 0.1) is 6.92 Å². The van der Waals surface area contributed by atoms with Gasteiger partial charge in [-0.05, 0) is 13.3 Å². The number of carbonyl (C=O) groups excluding carboxylic acids is 1. The number of methoxy groups -OCH3 is 1. The Morgan fingerprint density at radius 1 is 1.45 bits per heavy atom. The monoisotopic (exact) mass is 301 g/mol. The van der Waals surface area contributed by atoms with Gasteiger partial charge < -0.3 is 9.30 Å². The van der Waals surface area contributed by atoms with E-state index < -0.39 is 5.97 Å². The molecule has 0 fully saturated rings. The third-order valence-corrected chi connectivity index (χ3v) is 3.55. The van der Waals surface area contributed by atoms with Gasteiger partial charge in [-0.2, -0.15) is 4.52 Å². The summed E-state index contributed by atoms with van der Waals surface area (Å²) in [6.07, 6.45) is 5.27. The standard InChI is InChI=1S/C14H15N5O3/c1-4-9-8(2)17-12-11(5-16-19(12)13(9)20)18-6-10(15-7-18)14(21)22-3/h5-7,16H,4H2,1-3H3. The van der Waals surface area contributed by atoms with Crippen LogP contribution in [-0.2, 0) is 11.2 Å². The van der Waals surface area contributed by atoms with E-state index in [1.54, 1.807) is 10.8 Å². The predicted octanol–water partition coefficient (Wildman–Crippen LogP) is 0.866. The maximum atomic E-state index is 12.4. The topological polar surface area (TPSA) is 94.3 Å². The summed E-state index contributed by atoms with van der Waals surface area (Å²) < 4.78 is 7.64. The van der Waals surface area contributed by atoms with Gasteiger partial charge in [0, 0.05) is 23.7 Å². The van der Waals surface area contributed by atoms with Crippen molar-refractivity contribution in [3.05, 3.63) is 46.0 Å². The number of aromatic nitrogens is 5. The Morgan fingerprint density at radius 3 is 2.91 bits per heavy atom. The molecular formula is C14H15N5O3. The molecule has 3 rings (SSSR count). The second-order valence-electron chi connectivity index (χ2n) is 4.81. The SMILES string of the molecule is CCc1c(C)nc2c(-n3cnc(C(=O)OC)c3)c[nH]n2c1=O. The molecule has 0 bridgehead atoms. The first-order valence-corrected chi connectivity index (χ1v) is 6.79. The van der Waals surface area contributed by atoms with E-state index in [0.717, 1.165) is 0 Å².